The van der Waals surface area contributed by atoms with E-state index in [9.17, 15) is 4.79 Å². The Bertz CT molecular complexity index is 667. The molecule has 1 aromatic heterocycles. The molecule has 2 aliphatic carbocycles. The molecule has 142 valence electrons. The van der Waals surface area contributed by atoms with Crippen molar-refractivity contribution >= 4 is 5.91 Å². The molecule has 1 atom stereocenters. The summed E-state index contributed by atoms with van der Waals surface area (Å²) in [4.78, 5) is 17.7. The van der Waals surface area contributed by atoms with Crippen molar-refractivity contribution in [3.8, 4) is 0 Å². The van der Waals surface area contributed by atoms with E-state index in [1.165, 1.54) is 32.2 Å². The van der Waals surface area contributed by atoms with E-state index < -0.39 is 0 Å². The van der Waals surface area contributed by atoms with Gasteiger partial charge in [-0.15, -0.1) is 0 Å². The quantitative estimate of drug-likeness (QED) is 0.897. The number of piperidine rings is 1. The highest BCUT2D eigenvalue weighted by molar-refractivity contribution is 5.92. The van der Waals surface area contributed by atoms with Crippen molar-refractivity contribution in [2.75, 3.05) is 45.9 Å². The van der Waals surface area contributed by atoms with Crippen LogP contribution in [-0.4, -0.2) is 71.8 Å². The van der Waals surface area contributed by atoms with Crippen molar-refractivity contribution in [1.82, 2.24) is 20.0 Å². The molecule has 1 N–H and O–H groups in total. The standard InChI is InChI=1S/C20H30N4O2/c25-19(18-10-17(21-22-18)16-4-5-16)24-7-1-6-20(13-24)12-23(8-9-26-14-20)11-15-2-3-15/h10,15-16H,1-9,11-14H2,(H,21,22)/t20-/m1/s1. The lowest BCUT2D eigenvalue weighted by Crippen LogP contribution is -2.52. The molecular formula is C20H30N4O2. The van der Waals surface area contributed by atoms with E-state index in [0.717, 1.165) is 63.8 Å². The Morgan fingerprint density at radius 2 is 2.15 bits per heavy atom. The molecule has 4 aliphatic rings. The van der Waals surface area contributed by atoms with Gasteiger partial charge >= 0.3 is 0 Å². The maximum absolute atomic E-state index is 13.0. The molecule has 2 aliphatic heterocycles. The minimum atomic E-state index is 0.0882. The minimum absolute atomic E-state index is 0.0882. The number of hydrogen-bond acceptors (Lipinski definition) is 4. The van der Waals surface area contributed by atoms with Gasteiger partial charge in [0, 0.05) is 49.8 Å². The third-order valence-electron chi connectivity index (χ3n) is 6.52. The van der Waals surface area contributed by atoms with E-state index in [1.807, 2.05) is 11.0 Å². The molecule has 1 amide bonds. The lowest BCUT2D eigenvalue weighted by Gasteiger charge is -2.43. The molecule has 6 heteroatoms. The van der Waals surface area contributed by atoms with Crippen LogP contribution in [0.2, 0.25) is 0 Å². The van der Waals surface area contributed by atoms with Gasteiger partial charge in [0.05, 0.1) is 13.2 Å². The number of nitrogens with one attached hydrogen (secondary N) is 1. The first-order chi connectivity index (χ1) is 12.7. The molecule has 5 rings (SSSR count). The van der Waals surface area contributed by atoms with Crippen LogP contribution in [0.15, 0.2) is 6.07 Å². The molecule has 2 saturated carbocycles. The SMILES string of the molecule is O=C(c1cc(C2CC2)[nH]n1)N1CCC[C@]2(COCCN(CC3CC3)C2)C1. The van der Waals surface area contributed by atoms with E-state index in [0.29, 0.717) is 11.6 Å². The Morgan fingerprint density at radius 1 is 1.27 bits per heavy atom. The monoisotopic (exact) mass is 358 g/mol. The maximum atomic E-state index is 13.0. The highest BCUT2D eigenvalue weighted by Gasteiger charge is 2.41. The number of likely N-dealkylation sites (tertiary alicyclic amines) is 1. The van der Waals surface area contributed by atoms with Gasteiger partial charge in [-0.25, -0.2) is 0 Å². The number of aromatic nitrogens is 2. The second kappa shape index (κ2) is 6.64. The van der Waals surface area contributed by atoms with Crippen LogP contribution in [-0.2, 0) is 4.74 Å². The third kappa shape index (κ3) is 3.54. The molecule has 1 aromatic rings. The number of hydrogen-bond donors (Lipinski definition) is 1. The molecule has 1 spiro atoms. The molecule has 0 unspecified atom stereocenters. The number of aromatic amines is 1. The first kappa shape index (κ1) is 16.8. The van der Waals surface area contributed by atoms with E-state index in [-0.39, 0.29) is 11.3 Å². The van der Waals surface area contributed by atoms with Gasteiger partial charge < -0.3 is 14.5 Å². The lowest BCUT2D eigenvalue weighted by molar-refractivity contribution is 0.00694. The molecule has 3 heterocycles. The first-order valence-electron chi connectivity index (χ1n) is 10.4. The van der Waals surface area contributed by atoms with E-state index in [2.05, 4.69) is 15.1 Å². The predicted molar refractivity (Wildman–Crippen MR) is 98.1 cm³/mol. The number of carbonyl (C=O) groups excluding carboxylic acids is 1. The van der Waals surface area contributed by atoms with E-state index in [1.54, 1.807) is 0 Å². The summed E-state index contributed by atoms with van der Waals surface area (Å²) in [6.45, 7) is 6.58. The topological polar surface area (TPSA) is 61.5 Å². The smallest absolute Gasteiger partial charge is 0.274 e. The zero-order valence-corrected chi connectivity index (χ0v) is 15.6. The van der Waals surface area contributed by atoms with Crippen LogP contribution in [0.1, 0.15) is 60.6 Å². The second-order valence-corrected chi connectivity index (χ2v) is 9.04. The molecule has 0 aromatic carbocycles. The van der Waals surface area contributed by atoms with Gasteiger partial charge in [-0.3, -0.25) is 9.89 Å². The van der Waals surface area contributed by atoms with Gasteiger partial charge in [0.2, 0.25) is 0 Å². The van der Waals surface area contributed by atoms with Crippen LogP contribution in [0.4, 0.5) is 0 Å². The summed E-state index contributed by atoms with van der Waals surface area (Å²) in [7, 11) is 0. The molecular weight excluding hydrogens is 328 g/mol. The Hall–Kier alpha value is -1.40. The Balaban J connectivity index is 1.28. The van der Waals surface area contributed by atoms with Gasteiger partial charge in [0.15, 0.2) is 0 Å². The Kier molecular flexibility index (Phi) is 4.28. The van der Waals surface area contributed by atoms with Gasteiger partial charge in [0.25, 0.3) is 5.91 Å². The lowest BCUT2D eigenvalue weighted by atomic mass is 9.80. The van der Waals surface area contributed by atoms with Gasteiger partial charge in [0.1, 0.15) is 5.69 Å². The minimum Gasteiger partial charge on any atom is -0.379 e. The summed E-state index contributed by atoms with van der Waals surface area (Å²) in [5.74, 6) is 1.59. The van der Waals surface area contributed by atoms with Crippen molar-refractivity contribution in [3.05, 3.63) is 17.5 Å². The molecule has 2 saturated heterocycles. The van der Waals surface area contributed by atoms with Crippen molar-refractivity contribution in [1.29, 1.82) is 0 Å². The van der Waals surface area contributed by atoms with E-state index in [4.69, 9.17) is 4.74 Å². The molecule has 6 nitrogen and oxygen atoms in total. The van der Waals surface area contributed by atoms with Gasteiger partial charge in [-0.2, -0.15) is 5.10 Å². The van der Waals surface area contributed by atoms with Crippen molar-refractivity contribution in [3.63, 3.8) is 0 Å². The highest BCUT2D eigenvalue weighted by atomic mass is 16.5. The highest BCUT2D eigenvalue weighted by Crippen LogP contribution is 2.39. The molecule has 26 heavy (non-hydrogen) atoms. The maximum Gasteiger partial charge on any atom is 0.274 e. The second-order valence-electron chi connectivity index (χ2n) is 9.04. The van der Waals surface area contributed by atoms with Crippen molar-refractivity contribution in [2.45, 2.75) is 44.4 Å². The number of ether oxygens (including phenoxy) is 1. The van der Waals surface area contributed by atoms with Crippen LogP contribution in [0.5, 0.6) is 0 Å². The largest absolute Gasteiger partial charge is 0.379 e. The van der Waals surface area contributed by atoms with Crippen LogP contribution in [0, 0.1) is 11.3 Å². The van der Waals surface area contributed by atoms with Crippen LogP contribution in [0.3, 0.4) is 0 Å². The number of nitrogens with zero attached hydrogens (tertiary/aromatic N) is 3. The molecule has 4 fully saturated rings. The summed E-state index contributed by atoms with van der Waals surface area (Å²) in [5, 5.41) is 7.38. The molecule has 0 bridgehead atoms. The predicted octanol–water partition coefficient (Wildman–Crippen LogP) is 2.25. The Labute approximate surface area is 155 Å². The van der Waals surface area contributed by atoms with Crippen molar-refractivity contribution in [2.24, 2.45) is 11.3 Å². The fourth-order valence-electron chi connectivity index (χ4n) is 4.74. The van der Waals surface area contributed by atoms with Crippen LogP contribution in [0.25, 0.3) is 0 Å². The Morgan fingerprint density at radius 3 is 2.96 bits per heavy atom. The summed E-state index contributed by atoms with van der Waals surface area (Å²) in [6.07, 6.45) is 7.43. The third-order valence-corrected chi connectivity index (χ3v) is 6.52. The average Bonchev–Trinajstić information content (AvgIpc) is 3.57. The summed E-state index contributed by atoms with van der Waals surface area (Å²) < 4.78 is 6.00. The zero-order valence-electron chi connectivity index (χ0n) is 15.6. The summed E-state index contributed by atoms with van der Waals surface area (Å²) in [5.41, 5.74) is 1.82. The normalized spacial score (nSPS) is 30.5. The number of rotatable bonds is 4. The summed E-state index contributed by atoms with van der Waals surface area (Å²) >= 11 is 0. The fraction of sp³-hybridized carbons (Fsp3) is 0.800. The number of carbonyl (C=O) groups is 1. The zero-order chi connectivity index (χ0) is 17.6. The van der Waals surface area contributed by atoms with Crippen molar-refractivity contribution < 1.29 is 9.53 Å². The number of H-pyrrole nitrogens is 1. The van der Waals surface area contributed by atoms with E-state index >= 15 is 0 Å². The van der Waals surface area contributed by atoms with Gasteiger partial charge in [-0.05, 0) is 50.5 Å². The number of amides is 1. The first-order valence-corrected chi connectivity index (χ1v) is 10.4. The fourth-order valence-corrected chi connectivity index (χ4v) is 4.74. The summed E-state index contributed by atoms with van der Waals surface area (Å²) in [6, 6.07) is 1.98. The van der Waals surface area contributed by atoms with Gasteiger partial charge in [-0.1, -0.05) is 0 Å². The van der Waals surface area contributed by atoms with Crippen LogP contribution >= 0.6 is 0 Å². The average molecular weight is 358 g/mol. The van der Waals surface area contributed by atoms with Crippen LogP contribution < -0.4 is 0 Å². The molecule has 0 radical (unpaired) electrons.